The van der Waals surface area contributed by atoms with E-state index in [1.165, 1.54) is 5.56 Å². The maximum Gasteiger partial charge on any atom is 0.253 e. The highest BCUT2D eigenvalue weighted by Gasteiger charge is 2.22. The van der Waals surface area contributed by atoms with Crippen molar-refractivity contribution in [2.24, 2.45) is 0 Å². The molecule has 1 heterocycles. The fourth-order valence-electron chi connectivity index (χ4n) is 3.93. The summed E-state index contributed by atoms with van der Waals surface area (Å²) in [6.45, 7) is 5.88. The van der Waals surface area contributed by atoms with Gasteiger partial charge in [0.15, 0.2) is 9.84 Å². The first kappa shape index (κ1) is 22.2. The standard InChI is InChI=1S/C26H28N2O3S/c1-21-7-13-25(14-8-21)32(30,31)20-23-9-11-24(12-10-23)26(29)28-17-15-27(16-18-28)19-22-5-3-2-4-6-22/h2-14H,15-20H2,1H3. The third-order valence-electron chi connectivity index (χ3n) is 5.85. The van der Waals surface area contributed by atoms with Crippen LogP contribution in [-0.4, -0.2) is 50.3 Å². The van der Waals surface area contributed by atoms with Crippen LogP contribution in [0.2, 0.25) is 0 Å². The number of carbonyl (C=O) groups excluding carboxylic acids is 1. The molecule has 0 N–H and O–H groups in total. The summed E-state index contributed by atoms with van der Waals surface area (Å²) in [5.41, 5.74) is 3.57. The van der Waals surface area contributed by atoms with Crippen LogP contribution in [0.25, 0.3) is 0 Å². The third kappa shape index (κ3) is 5.44. The SMILES string of the molecule is Cc1ccc(S(=O)(=O)Cc2ccc(C(=O)N3CCN(Cc4ccccc4)CC3)cc2)cc1. The highest BCUT2D eigenvalue weighted by atomic mass is 32.2. The number of hydrogen-bond donors (Lipinski definition) is 0. The van der Waals surface area contributed by atoms with Gasteiger partial charge in [-0.25, -0.2) is 8.42 Å². The molecule has 1 aliphatic rings. The molecule has 0 atom stereocenters. The van der Waals surface area contributed by atoms with Crippen molar-refractivity contribution in [2.45, 2.75) is 24.1 Å². The van der Waals surface area contributed by atoms with Gasteiger partial charge in [-0.05, 0) is 42.3 Å². The number of nitrogens with zero attached hydrogens (tertiary/aromatic N) is 2. The zero-order valence-corrected chi connectivity index (χ0v) is 19.1. The molecular weight excluding hydrogens is 420 g/mol. The van der Waals surface area contributed by atoms with Crippen molar-refractivity contribution < 1.29 is 13.2 Å². The first-order chi connectivity index (χ1) is 15.4. The van der Waals surface area contributed by atoms with E-state index in [0.29, 0.717) is 29.1 Å². The lowest BCUT2D eigenvalue weighted by molar-refractivity contribution is 0.0628. The van der Waals surface area contributed by atoms with Crippen LogP contribution in [0.15, 0.2) is 83.8 Å². The third-order valence-corrected chi connectivity index (χ3v) is 7.55. The molecule has 32 heavy (non-hydrogen) atoms. The Balaban J connectivity index is 1.34. The lowest BCUT2D eigenvalue weighted by Gasteiger charge is -2.34. The molecule has 4 rings (SSSR count). The average molecular weight is 449 g/mol. The first-order valence-corrected chi connectivity index (χ1v) is 12.5. The van der Waals surface area contributed by atoms with Crippen LogP contribution in [0.1, 0.15) is 27.0 Å². The van der Waals surface area contributed by atoms with Crippen LogP contribution in [0.5, 0.6) is 0 Å². The van der Waals surface area contributed by atoms with Gasteiger partial charge in [0, 0.05) is 38.3 Å². The summed E-state index contributed by atoms with van der Waals surface area (Å²) < 4.78 is 25.3. The van der Waals surface area contributed by atoms with Crippen molar-refractivity contribution in [1.82, 2.24) is 9.80 Å². The van der Waals surface area contributed by atoms with Crippen molar-refractivity contribution >= 4 is 15.7 Å². The van der Waals surface area contributed by atoms with Crippen LogP contribution in [0, 0.1) is 6.92 Å². The van der Waals surface area contributed by atoms with Crippen molar-refractivity contribution in [2.75, 3.05) is 26.2 Å². The van der Waals surface area contributed by atoms with Crippen LogP contribution >= 0.6 is 0 Å². The highest BCUT2D eigenvalue weighted by molar-refractivity contribution is 7.90. The number of aryl methyl sites for hydroxylation is 1. The Morgan fingerprint density at radius 2 is 1.41 bits per heavy atom. The second-order valence-electron chi connectivity index (χ2n) is 8.32. The van der Waals surface area contributed by atoms with E-state index in [9.17, 15) is 13.2 Å². The molecule has 1 aliphatic heterocycles. The van der Waals surface area contributed by atoms with Crippen LogP contribution in [0.3, 0.4) is 0 Å². The summed E-state index contributed by atoms with van der Waals surface area (Å²) in [6.07, 6.45) is 0. The summed E-state index contributed by atoms with van der Waals surface area (Å²) in [6, 6.07) is 24.2. The van der Waals surface area contributed by atoms with Gasteiger partial charge in [-0.3, -0.25) is 9.69 Å². The van der Waals surface area contributed by atoms with Crippen LogP contribution in [-0.2, 0) is 22.1 Å². The molecule has 1 fully saturated rings. The maximum atomic E-state index is 12.9. The van der Waals surface area contributed by atoms with Gasteiger partial charge in [-0.1, -0.05) is 60.2 Å². The van der Waals surface area contributed by atoms with Gasteiger partial charge in [-0.2, -0.15) is 0 Å². The molecule has 1 amide bonds. The van der Waals surface area contributed by atoms with E-state index in [1.807, 2.05) is 30.0 Å². The minimum atomic E-state index is -3.42. The summed E-state index contributed by atoms with van der Waals surface area (Å²) in [5, 5.41) is 0. The van der Waals surface area contributed by atoms with Crippen molar-refractivity contribution in [3.05, 3.63) is 101 Å². The van der Waals surface area contributed by atoms with Crippen molar-refractivity contribution in [3.63, 3.8) is 0 Å². The molecule has 166 valence electrons. The van der Waals surface area contributed by atoms with Crippen molar-refractivity contribution in [1.29, 1.82) is 0 Å². The number of piperazine rings is 1. The Labute approximate surface area is 190 Å². The largest absolute Gasteiger partial charge is 0.336 e. The summed E-state index contributed by atoms with van der Waals surface area (Å²) in [4.78, 5) is 17.5. The topological polar surface area (TPSA) is 57.7 Å². The Morgan fingerprint density at radius 1 is 0.781 bits per heavy atom. The Hall–Kier alpha value is -2.96. The van der Waals surface area contributed by atoms with E-state index in [4.69, 9.17) is 0 Å². The van der Waals surface area contributed by atoms with E-state index < -0.39 is 9.84 Å². The van der Waals surface area contributed by atoms with E-state index in [1.54, 1.807) is 48.5 Å². The normalized spacial score (nSPS) is 15.0. The van der Waals surface area contributed by atoms with Gasteiger partial charge in [0.1, 0.15) is 0 Å². The quantitative estimate of drug-likeness (QED) is 0.573. The molecular formula is C26H28N2O3S. The Morgan fingerprint density at radius 3 is 2.03 bits per heavy atom. The predicted molar refractivity (Wildman–Crippen MR) is 126 cm³/mol. The highest BCUT2D eigenvalue weighted by Crippen LogP contribution is 2.18. The summed E-state index contributed by atoms with van der Waals surface area (Å²) in [5.74, 6) is -0.0832. The van der Waals surface area contributed by atoms with Crippen LogP contribution < -0.4 is 0 Å². The molecule has 6 heteroatoms. The first-order valence-electron chi connectivity index (χ1n) is 10.8. The molecule has 5 nitrogen and oxygen atoms in total. The molecule has 0 bridgehead atoms. The van der Waals surface area contributed by atoms with Crippen LogP contribution in [0.4, 0.5) is 0 Å². The zero-order chi connectivity index (χ0) is 22.6. The van der Waals surface area contributed by atoms with E-state index in [0.717, 1.165) is 25.2 Å². The summed E-state index contributed by atoms with van der Waals surface area (Å²) >= 11 is 0. The van der Waals surface area contributed by atoms with Gasteiger partial charge in [0.2, 0.25) is 0 Å². The molecule has 0 aromatic heterocycles. The van der Waals surface area contributed by atoms with Gasteiger partial charge in [0.25, 0.3) is 5.91 Å². The van der Waals surface area contributed by atoms with Gasteiger partial charge in [0.05, 0.1) is 10.6 Å². The van der Waals surface area contributed by atoms with Crippen molar-refractivity contribution in [3.8, 4) is 0 Å². The number of sulfone groups is 1. The minimum Gasteiger partial charge on any atom is -0.336 e. The summed E-state index contributed by atoms with van der Waals surface area (Å²) in [7, 11) is -3.42. The number of rotatable bonds is 6. The molecule has 0 saturated carbocycles. The zero-order valence-electron chi connectivity index (χ0n) is 18.3. The minimum absolute atomic E-state index is 0.00250. The molecule has 0 unspecified atom stereocenters. The second kappa shape index (κ2) is 9.67. The lowest BCUT2D eigenvalue weighted by Crippen LogP contribution is -2.48. The molecule has 3 aromatic carbocycles. The fourth-order valence-corrected chi connectivity index (χ4v) is 5.27. The second-order valence-corrected chi connectivity index (χ2v) is 10.3. The fraction of sp³-hybridized carbons (Fsp3) is 0.269. The predicted octanol–water partition coefficient (Wildman–Crippen LogP) is 3.93. The molecule has 0 radical (unpaired) electrons. The van der Waals surface area contributed by atoms with E-state index in [2.05, 4.69) is 17.0 Å². The van der Waals surface area contributed by atoms with Gasteiger partial charge in [-0.15, -0.1) is 0 Å². The van der Waals surface area contributed by atoms with Gasteiger partial charge >= 0.3 is 0 Å². The Kier molecular flexibility index (Phi) is 6.72. The molecule has 0 spiro atoms. The average Bonchev–Trinajstić information content (AvgIpc) is 2.80. The lowest BCUT2D eigenvalue weighted by atomic mass is 10.1. The number of carbonyl (C=O) groups is 1. The molecule has 0 aliphatic carbocycles. The van der Waals surface area contributed by atoms with E-state index in [-0.39, 0.29) is 11.7 Å². The monoisotopic (exact) mass is 448 g/mol. The van der Waals surface area contributed by atoms with E-state index >= 15 is 0 Å². The van der Waals surface area contributed by atoms with Gasteiger partial charge < -0.3 is 4.90 Å². The molecule has 1 saturated heterocycles. The maximum absolute atomic E-state index is 12.9. The number of amides is 1. The number of benzene rings is 3. The molecule has 3 aromatic rings. The smallest absolute Gasteiger partial charge is 0.253 e. The Bertz CT molecular complexity index is 1150. The number of hydrogen-bond acceptors (Lipinski definition) is 4.